The summed E-state index contributed by atoms with van der Waals surface area (Å²) in [6, 6.07) is 29.2. The van der Waals surface area contributed by atoms with Gasteiger partial charge in [-0.25, -0.2) is 4.57 Å². The first-order chi connectivity index (χ1) is 24.6. The van der Waals surface area contributed by atoms with E-state index in [1.54, 1.807) is 20.8 Å². The maximum Gasteiger partial charge on any atom is 0.477 e. The van der Waals surface area contributed by atoms with Crippen LogP contribution in [0.4, 0.5) is 0 Å². The van der Waals surface area contributed by atoms with Gasteiger partial charge in [-0.3, -0.25) is 18.4 Å². The summed E-state index contributed by atoms with van der Waals surface area (Å²) in [6.07, 6.45) is -2.24. The lowest BCUT2D eigenvalue weighted by Crippen LogP contribution is -2.62. The second-order valence-electron chi connectivity index (χ2n) is 13.6. The lowest BCUT2D eigenvalue weighted by molar-refractivity contribution is -0.307. The third kappa shape index (κ3) is 13.5. The molecule has 51 heavy (non-hydrogen) atoms. The van der Waals surface area contributed by atoms with Gasteiger partial charge in [0.05, 0.1) is 45.1 Å². The fourth-order valence-electron chi connectivity index (χ4n) is 5.18. The van der Waals surface area contributed by atoms with Crippen molar-refractivity contribution in [1.82, 2.24) is 0 Å². The Morgan fingerprint density at radius 3 is 1.63 bits per heavy atom. The van der Waals surface area contributed by atoms with E-state index in [9.17, 15) is 9.36 Å². The summed E-state index contributed by atoms with van der Waals surface area (Å²) in [5, 5.41) is 0. The lowest BCUT2D eigenvalue weighted by atomic mass is 9.95. The van der Waals surface area contributed by atoms with Crippen molar-refractivity contribution in [3.05, 3.63) is 108 Å². The van der Waals surface area contributed by atoms with Crippen LogP contribution in [-0.2, 0) is 66.4 Å². The van der Waals surface area contributed by atoms with Crippen LogP contribution in [0.2, 0.25) is 0 Å². The zero-order valence-corrected chi connectivity index (χ0v) is 31.5. The molecule has 0 amide bonds. The Hall–Kier alpha value is -2.92. The normalized spacial score (nSPS) is 21.0. The molecule has 3 aromatic rings. The van der Waals surface area contributed by atoms with Crippen LogP contribution >= 0.6 is 7.82 Å². The molecule has 0 N–H and O–H groups in total. The summed E-state index contributed by atoms with van der Waals surface area (Å²) < 4.78 is 64.3. The van der Waals surface area contributed by atoms with E-state index in [1.807, 2.05) is 105 Å². The molecule has 2 unspecified atom stereocenters. The van der Waals surface area contributed by atoms with Gasteiger partial charge in [-0.15, -0.1) is 0 Å². The number of esters is 1. The van der Waals surface area contributed by atoms with Crippen molar-refractivity contribution < 1.29 is 46.6 Å². The van der Waals surface area contributed by atoms with E-state index in [-0.39, 0.29) is 33.0 Å². The Bertz CT molecular complexity index is 1440. The van der Waals surface area contributed by atoms with Crippen LogP contribution in [0.25, 0.3) is 0 Å². The van der Waals surface area contributed by atoms with E-state index in [0.29, 0.717) is 19.4 Å². The molecular weight excluding hydrogens is 671 g/mol. The molecule has 1 aliphatic rings. The smallest absolute Gasteiger partial charge is 0.454 e. The fraction of sp³-hybridized carbons (Fsp3) is 0.525. The molecular formula is C40H55O10P. The van der Waals surface area contributed by atoms with E-state index >= 15 is 0 Å². The molecule has 1 aliphatic heterocycles. The number of rotatable bonds is 21. The molecule has 0 spiro atoms. The van der Waals surface area contributed by atoms with Gasteiger partial charge in [-0.1, -0.05) is 118 Å². The van der Waals surface area contributed by atoms with Gasteiger partial charge >= 0.3 is 13.8 Å². The zero-order chi connectivity index (χ0) is 36.5. The molecule has 5 atom stereocenters. The first-order valence-electron chi connectivity index (χ1n) is 18.0. The van der Waals surface area contributed by atoms with Crippen LogP contribution in [0.3, 0.4) is 0 Å². The van der Waals surface area contributed by atoms with Gasteiger partial charge in [0.2, 0.25) is 6.29 Å². The average Bonchev–Trinajstić information content (AvgIpc) is 3.12. The molecule has 0 aliphatic carbocycles. The second kappa shape index (κ2) is 20.9. The molecule has 280 valence electrons. The minimum absolute atomic E-state index is 0.0665. The van der Waals surface area contributed by atoms with Gasteiger partial charge in [0.1, 0.15) is 18.3 Å². The highest BCUT2D eigenvalue weighted by Gasteiger charge is 2.53. The third-order valence-electron chi connectivity index (χ3n) is 8.14. The number of benzene rings is 3. The van der Waals surface area contributed by atoms with E-state index in [0.717, 1.165) is 29.5 Å². The second-order valence-corrected chi connectivity index (χ2v) is 15.2. The lowest BCUT2D eigenvalue weighted by Gasteiger charge is -2.46. The van der Waals surface area contributed by atoms with Crippen molar-refractivity contribution in [2.24, 2.45) is 5.41 Å². The molecule has 3 aromatic carbocycles. The highest BCUT2D eigenvalue weighted by Crippen LogP contribution is 2.53. The van der Waals surface area contributed by atoms with Crippen molar-refractivity contribution in [3.8, 4) is 0 Å². The Morgan fingerprint density at radius 2 is 1.16 bits per heavy atom. The maximum absolute atomic E-state index is 14.3. The minimum atomic E-state index is -4.21. The number of carbonyl (C=O) groups is 1. The monoisotopic (exact) mass is 726 g/mol. The third-order valence-corrected chi connectivity index (χ3v) is 9.60. The molecule has 0 bridgehead atoms. The van der Waals surface area contributed by atoms with E-state index < -0.39 is 49.9 Å². The standard InChI is InChI=1S/C40H55O10P/c1-6-8-25-46-51(42,47-26-9-7-2)50-38-37(49-39(41)40(3,4)5)36(45-29-33-23-17-12-18-24-33)35(44-28-32-21-15-11-16-22-32)34(48-38)30-43-27-31-19-13-10-14-20-31/h10-24,34-38H,6-9,25-30H2,1-5H3/t34?,35-,36+,37?,38+/m1/s1. The zero-order valence-electron chi connectivity index (χ0n) is 30.6. The van der Waals surface area contributed by atoms with Crippen molar-refractivity contribution in [2.75, 3.05) is 19.8 Å². The van der Waals surface area contributed by atoms with E-state index in [2.05, 4.69) is 0 Å². The van der Waals surface area contributed by atoms with Crippen molar-refractivity contribution in [1.29, 1.82) is 0 Å². The Labute approximate surface area is 303 Å². The van der Waals surface area contributed by atoms with E-state index in [4.69, 9.17) is 37.3 Å². The van der Waals surface area contributed by atoms with Crippen LogP contribution in [0.15, 0.2) is 91.0 Å². The first kappa shape index (κ1) is 40.8. The summed E-state index contributed by atoms with van der Waals surface area (Å²) >= 11 is 0. The number of hydrogen-bond donors (Lipinski definition) is 0. The molecule has 1 fully saturated rings. The Balaban J connectivity index is 1.73. The highest BCUT2D eigenvalue weighted by molar-refractivity contribution is 7.48. The summed E-state index contributed by atoms with van der Waals surface area (Å²) in [7, 11) is -4.21. The summed E-state index contributed by atoms with van der Waals surface area (Å²) in [5.41, 5.74) is 1.93. The number of hydrogen-bond acceptors (Lipinski definition) is 10. The summed E-state index contributed by atoms with van der Waals surface area (Å²) in [4.78, 5) is 13.6. The van der Waals surface area contributed by atoms with Crippen LogP contribution in [0.5, 0.6) is 0 Å². The van der Waals surface area contributed by atoms with E-state index in [1.165, 1.54) is 0 Å². The molecule has 1 heterocycles. The average molecular weight is 727 g/mol. The molecule has 11 heteroatoms. The maximum atomic E-state index is 14.3. The predicted octanol–water partition coefficient (Wildman–Crippen LogP) is 8.81. The molecule has 0 radical (unpaired) electrons. The van der Waals surface area contributed by atoms with Gasteiger partial charge in [0, 0.05) is 0 Å². The molecule has 0 aromatic heterocycles. The molecule has 4 rings (SSSR count). The van der Waals surface area contributed by atoms with Crippen molar-refractivity contribution in [2.45, 2.75) is 111 Å². The van der Waals surface area contributed by atoms with Crippen LogP contribution in [0.1, 0.15) is 77.0 Å². The number of unbranched alkanes of at least 4 members (excludes halogenated alkanes) is 2. The van der Waals surface area contributed by atoms with Crippen LogP contribution < -0.4 is 0 Å². The Kier molecular flexibility index (Phi) is 16.8. The van der Waals surface area contributed by atoms with Gasteiger partial charge in [0.25, 0.3) is 0 Å². The predicted molar refractivity (Wildman–Crippen MR) is 195 cm³/mol. The number of phosphoric acid groups is 1. The topological polar surface area (TPSA) is 108 Å². The van der Waals surface area contributed by atoms with Gasteiger partial charge in [0.15, 0.2) is 6.10 Å². The molecule has 10 nitrogen and oxygen atoms in total. The number of ether oxygens (including phenoxy) is 5. The summed E-state index contributed by atoms with van der Waals surface area (Å²) in [5.74, 6) is -0.521. The first-order valence-corrected chi connectivity index (χ1v) is 19.4. The molecule has 0 saturated carbocycles. The Morgan fingerprint density at radius 1 is 0.686 bits per heavy atom. The van der Waals surface area contributed by atoms with Gasteiger partial charge in [-0.05, 0) is 50.3 Å². The number of phosphoric ester groups is 1. The van der Waals surface area contributed by atoms with Crippen molar-refractivity contribution >= 4 is 13.8 Å². The fourth-order valence-corrected chi connectivity index (χ4v) is 6.51. The van der Waals surface area contributed by atoms with Crippen LogP contribution in [0, 0.1) is 5.41 Å². The van der Waals surface area contributed by atoms with Gasteiger partial charge in [-0.2, -0.15) is 0 Å². The summed E-state index contributed by atoms with van der Waals surface area (Å²) in [6.45, 7) is 10.3. The number of carbonyl (C=O) groups excluding carboxylic acids is 1. The SMILES string of the molecule is CCCCOP(=O)(OCCCC)O[C@@H]1OC(COCc2ccccc2)[C@@H](OCc2ccccc2)[C@H](OCc2ccccc2)C1OC(=O)C(C)(C)C. The minimum Gasteiger partial charge on any atom is -0.454 e. The highest BCUT2D eigenvalue weighted by atomic mass is 31.2. The van der Waals surface area contributed by atoms with Crippen molar-refractivity contribution in [3.63, 3.8) is 0 Å². The van der Waals surface area contributed by atoms with Crippen LogP contribution in [-0.4, -0.2) is 56.5 Å². The van der Waals surface area contributed by atoms with Gasteiger partial charge < -0.3 is 23.7 Å². The quantitative estimate of drug-likeness (QED) is 0.0600. The molecule has 1 saturated heterocycles. The largest absolute Gasteiger partial charge is 0.477 e.